The Bertz CT molecular complexity index is 3870. The van der Waals surface area contributed by atoms with Crippen molar-refractivity contribution in [2.24, 2.45) is 37.4 Å². The summed E-state index contributed by atoms with van der Waals surface area (Å²) in [6.45, 7) is 34.5. The molecule has 9 aromatic rings. The first-order valence-corrected chi connectivity index (χ1v) is 29.0. The number of aryl methyl sites for hydroxylation is 12. The third-order valence-electron chi connectivity index (χ3n) is 15.2. The van der Waals surface area contributed by atoms with Crippen LogP contribution in [0.3, 0.4) is 0 Å². The van der Waals surface area contributed by atoms with E-state index >= 15 is 0 Å². The molecule has 3 heterocycles. The van der Waals surface area contributed by atoms with E-state index in [0.29, 0.717) is 22.1 Å². The second kappa shape index (κ2) is 25.3. The van der Waals surface area contributed by atoms with E-state index in [1.807, 2.05) is 94.9 Å². The van der Waals surface area contributed by atoms with Crippen molar-refractivity contribution in [1.82, 2.24) is 0 Å². The minimum Gasteiger partial charge on any atom is -0.201 e. The van der Waals surface area contributed by atoms with E-state index in [1.165, 1.54) is 89.3 Å². The monoisotopic (exact) mass is 1080 g/mol. The Labute approximate surface area is 497 Å². The first-order valence-electron chi connectivity index (χ1n) is 31.5. The fraction of sp³-hybridized carbons (Fsp3) is 0.346. The lowest BCUT2D eigenvalue weighted by Gasteiger charge is -2.20. The molecule has 3 heteroatoms. The Morgan fingerprint density at radius 3 is 1.02 bits per heavy atom. The molecular weight excluding hydrogens is 979 g/mol. The molecule has 420 valence electrons. The molecule has 3 nitrogen and oxygen atoms in total. The predicted octanol–water partition coefficient (Wildman–Crippen LogP) is 19.1. The average molecular weight is 1080 g/mol. The molecule has 0 bridgehead atoms. The van der Waals surface area contributed by atoms with E-state index in [1.54, 1.807) is 6.07 Å². The molecule has 0 radical (unpaired) electrons. The average Bonchev–Trinajstić information content (AvgIpc) is 0.816. The van der Waals surface area contributed by atoms with Crippen molar-refractivity contribution < 1.29 is 20.6 Å². The van der Waals surface area contributed by atoms with Crippen LogP contribution in [0.2, 0.25) is 0 Å². The minimum atomic E-state index is -2.22. The molecule has 3 aromatic heterocycles. The Morgan fingerprint density at radius 1 is 0.321 bits per heavy atom. The number of aromatic nitrogens is 3. The van der Waals surface area contributed by atoms with E-state index < -0.39 is 18.6 Å². The lowest BCUT2D eigenvalue weighted by atomic mass is 9.86. The van der Waals surface area contributed by atoms with Gasteiger partial charge in [-0.3, -0.25) is 0 Å². The number of pyridine rings is 3. The molecule has 0 spiro atoms. The summed E-state index contributed by atoms with van der Waals surface area (Å²) in [4.78, 5) is 0. The van der Waals surface area contributed by atoms with Gasteiger partial charge in [-0.2, -0.15) is 0 Å². The number of hydrogen-bond donors (Lipinski definition) is 0. The van der Waals surface area contributed by atoms with E-state index in [2.05, 4.69) is 216 Å². The first kappa shape index (κ1) is 54.4. The van der Waals surface area contributed by atoms with Gasteiger partial charge in [-0.15, -0.1) is 0 Å². The summed E-state index contributed by atoms with van der Waals surface area (Å²) in [5.74, 6) is 0. The zero-order valence-corrected chi connectivity index (χ0v) is 52.8. The molecule has 0 saturated carbocycles. The highest BCUT2D eigenvalue weighted by Crippen LogP contribution is 2.36. The maximum absolute atomic E-state index is 8.71. The second-order valence-electron chi connectivity index (χ2n) is 26.4. The fourth-order valence-corrected chi connectivity index (χ4v) is 11.2. The molecule has 0 aliphatic rings. The quantitative estimate of drug-likeness (QED) is 0.128. The summed E-state index contributed by atoms with van der Waals surface area (Å²) in [6.07, 6.45) is 7.14. The van der Waals surface area contributed by atoms with Gasteiger partial charge in [0.05, 0.1) is 0 Å². The Kier molecular flexibility index (Phi) is 17.0. The van der Waals surface area contributed by atoms with Crippen molar-refractivity contribution in [3.05, 3.63) is 231 Å². The summed E-state index contributed by atoms with van der Waals surface area (Å²) < 4.78 is 48.1. The maximum atomic E-state index is 8.71. The Morgan fingerprint density at radius 2 is 0.642 bits per heavy atom. The van der Waals surface area contributed by atoms with Crippen molar-refractivity contribution in [1.29, 1.82) is 0 Å². The number of benzene rings is 6. The van der Waals surface area contributed by atoms with Crippen LogP contribution in [0, 0.1) is 78.5 Å². The highest BCUT2D eigenvalue weighted by Gasteiger charge is 2.24. The summed E-state index contributed by atoms with van der Waals surface area (Å²) >= 11 is 0. The van der Waals surface area contributed by atoms with E-state index in [0.717, 1.165) is 40.8 Å². The van der Waals surface area contributed by atoms with Gasteiger partial charge in [0.1, 0.15) is 21.1 Å². The van der Waals surface area contributed by atoms with Crippen LogP contribution in [0.15, 0.2) is 164 Å². The Balaban J connectivity index is 0.000000185. The third-order valence-corrected chi connectivity index (χ3v) is 15.2. The largest absolute Gasteiger partial charge is 0.212 e. The van der Waals surface area contributed by atoms with E-state index in [-0.39, 0.29) is 5.41 Å². The highest BCUT2D eigenvalue weighted by molar-refractivity contribution is 5.78. The number of nitrogens with zero attached hydrogens (tertiary/aromatic N) is 3. The lowest BCUT2D eigenvalue weighted by molar-refractivity contribution is -0.661. The smallest absolute Gasteiger partial charge is 0.201 e. The van der Waals surface area contributed by atoms with Crippen molar-refractivity contribution in [3.63, 3.8) is 0 Å². The fourth-order valence-electron chi connectivity index (χ4n) is 11.2. The summed E-state index contributed by atoms with van der Waals surface area (Å²) in [6, 6.07) is 50.8. The summed E-state index contributed by atoms with van der Waals surface area (Å²) in [7, 11) is 6.24. The zero-order chi connectivity index (χ0) is 63.6. The molecule has 0 N–H and O–H groups in total. The molecule has 0 aliphatic carbocycles. The zero-order valence-electron chi connectivity index (χ0n) is 57.8. The van der Waals surface area contributed by atoms with Gasteiger partial charge in [-0.25, -0.2) is 13.7 Å². The van der Waals surface area contributed by atoms with E-state index in [4.69, 9.17) is 6.85 Å². The molecule has 6 aromatic carbocycles. The van der Waals surface area contributed by atoms with Gasteiger partial charge >= 0.3 is 0 Å². The molecule has 0 unspecified atom stereocenters. The SMILES string of the molecule is Cc1c[n+](C)c(-c2cc(-c3ccccc3)c(C)cc2C)cc1CC(C)(C)C.Cc1cc(-c2cc(-c3ccccc3)c(C)cc2C)[n+](C)cc1CC(C)(C)C.[2H]C([2H])([2H])c1cc(C)c(-c2cc(C)c(C([2H])([2H])C(C)(C)C)c[n+]2C)cc1-c1ccccc1. The van der Waals surface area contributed by atoms with Gasteiger partial charge in [-0.05, 0) is 199 Å². The second-order valence-corrected chi connectivity index (χ2v) is 26.4. The van der Waals surface area contributed by atoms with Crippen molar-refractivity contribution >= 4 is 0 Å². The van der Waals surface area contributed by atoms with Gasteiger partial charge < -0.3 is 0 Å². The Hall–Kier alpha value is -7.23. The van der Waals surface area contributed by atoms with Crippen molar-refractivity contribution in [2.45, 2.75) is 144 Å². The van der Waals surface area contributed by atoms with Crippen LogP contribution < -0.4 is 13.7 Å². The van der Waals surface area contributed by atoms with Gasteiger partial charge in [0.15, 0.2) is 18.6 Å². The van der Waals surface area contributed by atoms with Crippen LogP contribution in [-0.4, -0.2) is 0 Å². The maximum Gasteiger partial charge on any atom is 0.212 e. The van der Waals surface area contributed by atoms with Crippen molar-refractivity contribution in [2.75, 3.05) is 0 Å². The summed E-state index contributed by atoms with van der Waals surface area (Å²) in [5.41, 5.74) is 27.5. The van der Waals surface area contributed by atoms with Gasteiger partial charge in [0.25, 0.3) is 0 Å². The molecule has 81 heavy (non-hydrogen) atoms. The van der Waals surface area contributed by atoms with E-state index in [9.17, 15) is 0 Å². The minimum absolute atomic E-state index is 0.277. The first-order chi connectivity index (χ1) is 39.9. The van der Waals surface area contributed by atoms with Crippen LogP contribution in [-0.2, 0) is 40.4 Å². The molecule has 0 saturated heterocycles. The van der Waals surface area contributed by atoms with Crippen LogP contribution >= 0.6 is 0 Å². The third kappa shape index (κ3) is 15.8. The standard InChI is InChI=1S/3C26H32N/c2*1-18-14-25(27(7)17-22(18)16-26(4,5)6)24-15-23(19(2)13-20(24)3)21-11-9-8-10-12-21;1-18-13-19(2)24(15-23(18)21-11-9-8-10-12-21)25-14-22(16-26(4,5)6)20(3)17-27(25)7/h3*8-15,17H,16H2,1-7H3/q3*+1/i2D3,16D2;;. The predicted molar refractivity (Wildman–Crippen MR) is 348 cm³/mol. The van der Waals surface area contributed by atoms with Gasteiger partial charge in [0, 0.05) is 58.4 Å². The summed E-state index contributed by atoms with van der Waals surface area (Å²) in [5, 5.41) is 0. The van der Waals surface area contributed by atoms with Crippen LogP contribution in [0.25, 0.3) is 67.2 Å². The topological polar surface area (TPSA) is 11.6 Å². The molecule has 0 amide bonds. The van der Waals surface area contributed by atoms with Crippen molar-refractivity contribution in [3.8, 4) is 67.2 Å². The molecule has 9 rings (SSSR count). The number of hydrogen-bond acceptors (Lipinski definition) is 0. The molecule has 0 atom stereocenters. The number of rotatable bonds is 9. The molecular formula is C78H96N3+3. The highest BCUT2D eigenvalue weighted by atomic mass is 14.9. The normalized spacial score (nSPS) is 12.9. The van der Waals surface area contributed by atoms with Crippen LogP contribution in [0.1, 0.15) is 136 Å². The lowest BCUT2D eigenvalue weighted by Crippen LogP contribution is -2.32. The van der Waals surface area contributed by atoms with Gasteiger partial charge in [-0.1, -0.05) is 172 Å². The van der Waals surface area contributed by atoms with Crippen LogP contribution in [0.4, 0.5) is 0 Å². The van der Waals surface area contributed by atoms with Gasteiger partial charge in [0.2, 0.25) is 17.1 Å². The molecule has 0 fully saturated rings. The molecule has 0 aliphatic heterocycles. The van der Waals surface area contributed by atoms with Crippen LogP contribution in [0.5, 0.6) is 0 Å².